The van der Waals surface area contributed by atoms with Gasteiger partial charge < -0.3 is 4.90 Å². The van der Waals surface area contributed by atoms with E-state index in [9.17, 15) is 13.2 Å². The van der Waals surface area contributed by atoms with Gasteiger partial charge in [-0.1, -0.05) is 30.3 Å². The lowest BCUT2D eigenvalue weighted by Crippen LogP contribution is -2.33. The second-order valence-corrected chi connectivity index (χ2v) is 9.29. The molecule has 7 heteroatoms. The fourth-order valence-corrected chi connectivity index (χ4v) is 4.55. The van der Waals surface area contributed by atoms with Gasteiger partial charge in [0.05, 0.1) is 22.8 Å². The number of anilines is 1. The lowest BCUT2D eigenvalue weighted by Gasteiger charge is -2.23. The number of rotatable bonds is 7. The van der Waals surface area contributed by atoms with Gasteiger partial charge in [-0.05, 0) is 55.3 Å². The van der Waals surface area contributed by atoms with Gasteiger partial charge >= 0.3 is 0 Å². The van der Waals surface area contributed by atoms with Crippen LogP contribution in [0.1, 0.15) is 28.9 Å². The molecule has 1 aromatic heterocycles. The number of hydrogen-bond acceptors (Lipinski definition) is 4. The highest BCUT2D eigenvalue weighted by Gasteiger charge is 2.34. The van der Waals surface area contributed by atoms with Crippen LogP contribution in [0.15, 0.2) is 83.9 Å². The van der Waals surface area contributed by atoms with Crippen LogP contribution in [0.3, 0.4) is 0 Å². The first kappa shape index (κ1) is 20.1. The largest absolute Gasteiger partial charge is 0.330 e. The summed E-state index contributed by atoms with van der Waals surface area (Å²) in [4.78, 5) is 19.4. The number of carbonyl (C=O) groups excluding carboxylic acids is 1. The Kier molecular flexibility index (Phi) is 5.55. The average molecular weight is 422 g/mol. The maximum atomic E-state index is 13.2. The first-order chi connectivity index (χ1) is 14.5. The van der Waals surface area contributed by atoms with Crippen LogP contribution in [-0.2, 0) is 16.6 Å². The molecule has 30 heavy (non-hydrogen) atoms. The topological polar surface area (TPSA) is 70.6 Å². The summed E-state index contributed by atoms with van der Waals surface area (Å²) in [5.74, 6) is -0.178. The lowest BCUT2D eigenvalue weighted by atomic mass is 10.2. The predicted octanol–water partition coefficient (Wildman–Crippen LogP) is 3.71. The number of benzene rings is 2. The molecule has 1 fully saturated rings. The van der Waals surface area contributed by atoms with Gasteiger partial charge in [-0.25, -0.2) is 8.42 Å². The number of para-hydroxylation sites is 1. The Morgan fingerprint density at radius 2 is 1.73 bits per heavy atom. The van der Waals surface area contributed by atoms with Gasteiger partial charge in [0.2, 0.25) is 0 Å². The number of nitrogens with zero attached hydrogens (tertiary/aromatic N) is 3. The minimum atomic E-state index is -3.79. The van der Waals surface area contributed by atoms with Crippen molar-refractivity contribution in [2.75, 3.05) is 11.4 Å². The quantitative estimate of drug-likeness (QED) is 0.583. The highest BCUT2D eigenvalue weighted by molar-refractivity contribution is 7.92. The summed E-state index contributed by atoms with van der Waals surface area (Å²) >= 11 is 0. The van der Waals surface area contributed by atoms with Crippen molar-refractivity contribution in [3.8, 4) is 0 Å². The van der Waals surface area contributed by atoms with Crippen LogP contribution in [0.25, 0.3) is 0 Å². The van der Waals surface area contributed by atoms with Gasteiger partial charge in [0.15, 0.2) is 0 Å². The van der Waals surface area contributed by atoms with E-state index < -0.39 is 10.0 Å². The lowest BCUT2D eigenvalue weighted by molar-refractivity contribution is 0.0727. The van der Waals surface area contributed by atoms with Crippen LogP contribution in [-0.4, -0.2) is 37.3 Å². The van der Waals surface area contributed by atoms with Gasteiger partial charge in [0, 0.05) is 24.8 Å². The first-order valence-electron chi connectivity index (χ1n) is 9.82. The zero-order valence-corrected chi connectivity index (χ0v) is 17.5. The molecule has 0 saturated heterocycles. The Morgan fingerprint density at radius 3 is 2.40 bits per heavy atom. The molecule has 3 aromatic rings. The SMILES string of the molecule is CN(c1ccccc1)S(=O)(=O)c1cccc(C(=O)N(Cc2ccccn2)C2CC2)c1. The molecule has 0 N–H and O–H groups in total. The van der Waals surface area contributed by atoms with Crippen molar-refractivity contribution in [1.29, 1.82) is 0 Å². The van der Waals surface area contributed by atoms with Crippen LogP contribution in [0.2, 0.25) is 0 Å². The standard InChI is InChI=1S/C23H23N3O3S/c1-25(20-10-3-2-4-11-20)30(28,29)22-12-7-8-18(16-22)23(27)26(21-13-14-21)17-19-9-5-6-15-24-19/h2-12,15-16,21H,13-14,17H2,1H3. The molecule has 6 nitrogen and oxygen atoms in total. The van der Waals surface area contributed by atoms with Crippen LogP contribution in [0.4, 0.5) is 5.69 Å². The Labute approximate surface area is 176 Å². The fourth-order valence-electron chi connectivity index (χ4n) is 3.31. The minimum Gasteiger partial charge on any atom is -0.330 e. The van der Waals surface area contributed by atoms with E-state index in [1.54, 1.807) is 47.5 Å². The van der Waals surface area contributed by atoms with Crippen molar-refractivity contribution in [2.45, 2.75) is 30.3 Å². The van der Waals surface area contributed by atoms with E-state index in [1.165, 1.54) is 23.5 Å². The number of aromatic nitrogens is 1. The number of pyridine rings is 1. The minimum absolute atomic E-state index is 0.0910. The van der Waals surface area contributed by atoms with Gasteiger partial charge in [-0.3, -0.25) is 14.1 Å². The van der Waals surface area contributed by atoms with Crippen LogP contribution < -0.4 is 4.31 Å². The van der Waals surface area contributed by atoms with Gasteiger partial charge in [-0.2, -0.15) is 0 Å². The van der Waals surface area contributed by atoms with Crippen LogP contribution in [0, 0.1) is 0 Å². The monoisotopic (exact) mass is 421 g/mol. The maximum Gasteiger partial charge on any atom is 0.264 e. The molecule has 1 aliphatic rings. The predicted molar refractivity (Wildman–Crippen MR) is 116 cm³/mol. The van der Waals surface area contributed by atoms with Crippen molar-refractivity contribution in [3.05, 3.63) is 90.3 Å². The Balaban J connectivity index is 1.61. The second-order valence-electron chi connectivity index (χ2n) is 7.32. The van der Waals surface area contributed by atoms with Crippen molar-refractivity contribution >= 4 is 21.6 Å². The molecule has 154 valence electrons. The number of amides is 1. The zero-order chi connectivity index (χ0) is 21.1. The molecule has 1 heterocycles. The summed E-state index contributed by atoms with van der Waals surface area (Å²) in [5.41, 5.74) is 1.73. The highest BCUT2D eigenvalue weighted by atomic mass is 32.2. The first-order valence-corrected chi connectivity index (χ1v) is 11.3. The molecule has 1 saturated carbocycles. The van der Waals surface area contributed by atoms with Gasteiger partial charge in [-0.15, -0.1) is 0 Å². The molecule has 4 rings (SSSR count). The van der Waals surface area contributed by atoms with E-state index in [4.69, 9.17) is 0 Å². The van der Waals surface area contributed by atoms with Crippen molar-refractivity contribution in [3.63, 3.8) is 0 Å². The van der Waals surface area contributed by atoms with E-state index in [-0.39, 0.29) is 16.8 Å². The molecule has 0 unspecified atom stereocenters. The highest BCUT2D eigenvalue weighted by Crippen LogP contribution is 2.30. The third-order valence-electron chi connectivity index (χ3n) is 5.17. The van der Waals surface area contributed by atoms with E-state index in [0.717, 1.165) is 18.5 Å². The summed E-state index contributed by atoms with van der Waals surface area (Å²) < 4.78 is 27.4. The molecule has 1 amide bonds. The summed E-state index contributed by atoms with van der Waals surface area (Å²) in [7, 11) is -2.28. The smallest absolute Gasteiger partial charge is 0.264 e. The van der Waals surface area contributed by atoms with Crippen molar-refractivity contribution in [2.24, 2.45) is 0 Å². The zero-order valence-electron chi connectivity index (χ0n) is 16.7. The summed E-state index contributed by atoms with van der Waals surface area (Å²) in [5, 5.41) is 0. The van der Waals surface area contributed by atoms with E-state index in [1.807, 2.05) is 24.3 Å². The molecule has 0 radical (unpaired) electrons. The van der Waals surface area contributed by atoms with E-state index in [2.05, 4.69) is 4.98 Å². The van der Waals surface area contributed by atoms with Crippen molar-refractivity contribution < 1.29 is 13.2 Å². The number of carbonyl (C=O) groups is 1. The number of hydrogen-bond donors (Lipinski definition) is 0. The van der Waals surface area contributed by atoms with Gasteiger partial charge in [0.1, 0.15) is 0 Å². The average Bonchev–Trinajstić information content (AvgIpc) is 3.63. The van der Waals surface area contributed by atoms with E-state index >= 15 is 0 Å². The Morgan fingerprint density at radius 1 is 1.00 bits per heavy atom. The molecule has 2 aromatic carbocycles. The summed E-state index contributed by atoms with van der Waals surface area (Å²) in [6.07, 6.45) is 3.61. The second kappa shape index (κ2) is 8.28. The maximum absolute atomic E-state index is 13.2. The summed E-state index contributed by atoms with van der Waals surface area (Å²) in [6.45, 7) is 0.408. The fraction of sp³-hybridized carbons (Fsp3) is 0.217. The summed E-state index contributed by atoms with van der Waals surface area (Å²) in [6, 6.07) is 20.9. The van der Waals surface area contributed by atoms with Gasteiger partial charge in [0.25, 0.3) is 15.9 Å². The molecule has 0 bridgehead atoms. The van der Waals surface area contributed by atoms with Crippen LogP contribution in [0.5, 0.6) is 0 Å². The molecule has 0 atom stereocenters. The molecule has 0 spiro atoms. The Hall–Kier alpha value is -3.19. The molecule has 1 aliphatic carbocycles. The normalized spacial score (nSPS) is 13.6. The third-order valence-corrected chi connectivity index (χ3v) is 6.95. The Bertz CT molecular complexity index is 1130. The van der Waals surface area contributed by atoms with Crippen LogP contribution >= 0.6 is 0 Å². The third kappa shape index (κ3) is 4.21. The number of sulfonamides is 1. The van der Waals surface area contributed by atoms with Crippen molar-refractivity contribution in [1.82, 2.24) is 9.88 Å². The van der Waals surface area contributed by atoms with E-state index in [0.29, 0.717) is 17.8 Å². The molecular formula is C23H23N3O3S. The molecular weight excluding hydrogens is 398 g/mol. The molecule has 0 aliphatic heterocycles.